The third-order valence-corrected chi connectivity index (χ3v) is 6.86. The van der Waals surface area contributed by atoms with Crippen molar-refractivity contribution >= 4 is 22.4 Å². The molecule has 2 aromatic heterocycles. The summed E-state index contributed by atoms with van der Waals surface area (Å²) in [5.41, 5.74) is 2.10. The molecule has 7 heteroatoms. The first-order valence-electron chi connectivity index (χ1n) is 10.0. The molecule has 0 bridgehead atoms. The van der Waals surface area contributed by atoms with Gasteiger partial charge in [-0.15, -0.1) is 11.3 Å². The lowest BCUT2D eigenvalue weighted by Crippen LogP contribution is -2.35. The summed E-state index contributed by atoms with van der Waals surface area (Å²) >= 11 is 1.69. The van der Waals surface area contributed by atoms with Crippen molar-refractivity contribution in [2.45, 2.75) is 18.9 Å². The fraction of sp³-hybridized carbons (Fsp3) is 0.364. The molecule has 3 atom stereocenters. The maximum absolute atomic E-state index is 13.2. The van der Waals surface area contributed by atoms with Gasteiger partial charge in [0.1, 0.15) is 0 Å². The number of amides is 1. The number of nitrogens with zero attached hydrogens (tertiary/aromatic N) is 5. The van der Waals surface area contributed by atoms with Crippen LogP contribution < -0.4 is 4.90 Å². The Balaban J connectivity index is 1.35. The summed E-state index contributed by atoms with van der Waals surface area (Å²) in [5.74, 6) is 1.12. The smallest absolute Gasteiger partial charge is 0.223 e. The zero-order valence-electron chi connectivity index (χ0n) is 16.1. The van der Waals surface area contributed by atoms with E-state index in [0.717, 1.165) is 30.5 Å². The summed E-state index contributed by atoms with van der Waals surface area (Å²) in [7, 11) is 0. The Morgan fingerprint density at radius 3 is 2.72 bits per heavy atom. The van der Waals surface area contributed by atoms with Crippen LogP contribution in [0.4, 0.5) is 5.13 Å². The minimum Gasteiger partial charge on any atom is -0.347 e. The van der Waals surface area contributed by atoms with Gasteiger partial charge in [0, 0.05) is 68.1 Å². The standard InChI is InChI=1S/C22H23N5OS/c28-20(7-6-18-12-23-8-9-24-18)27-14-17-13-26(22-25-10-11-29-22)15-19(17)21(27)16-4-2-1-3-5-16/h1-5,8-12,17,19,21H,6-7,13-15H2/t17-,19-,21+/m0/s1. The van der Waals surface area contributed by atoms with Crippen LogP contribution >= 0.6 is 11.3 Å². The van der Waals surface area contributed by atoms with Crippen molar-refractivity contribution in [3.8, 4) is 0 Å². The molecule has 0 unspecified atom stereocenters. The van der Waals surface area contributed by atoms with E-state index in [2.05, 4.69) is 49.0 Å². The number of carbonyl (C=O) groups is 1. The topological polar surface area (TPSA) is 62.2 Å². The molecular weight excluding hydrogens is 382 g/mol. The molecule has 6 nitrogen and oxygen atoms in total. The molecule has 1 aromatic carbocycles. The second-order valence-electron chi connectivity index (χ2n) is 7.74. The first-order chi connectivity index (χ1) is 14.3. The van der Waals surface area contributed by atoms with Crippen LogP contribution in [0.25, 0.3) is 0 Å². The summed E-state index contributed by atoms with van der Waals surface area (Å²) in [4.78, 5) is 30.6. The second kappa shape index (κ2) is 7.91. The number of benzene rings is 1. The molecule has 2 saturated heterocycles. The maximum atomic E-state index is 13.2. The van der Waals surface area contributed by atoms with E-state index in [4.69, 9.17) is 0 Å². The lowest BCUT2D eigenvalue weighted by atomic mass is 9.89. The third-order valence-electron chi connectivity index (χ3n) is 6.03. The van der Waals surface area contributed by atoms with Gasteiger partial charge in [-0.25, -0.2) is 4.98 Å². The van der Waals surface area contributed by atoms with Crippen LogP contribution in [-0.2, 0) is 11.2 Å². The van der Waals surface area contributed by atoms with E-state index in [1.165, 1.54) is 5.56 Å². The van der Waals surface area contributed by atoms with Gasteiger partial charge in [-0.05, 0) is 12.0 Å². The average molecular weight is 406 g/mol. The predicted molar refractivity (Wildman–Crippen MR) is 113 cm³/mol. The molecule has 0 radical (unpaired) electrons. The average Bonchev–Trinajstić information content (AvgIpc) is 3.49. The number of likely N-dealkylation sites (tertiary alicyclic amines) is 1. The molecule has 1 amide bonds. The van der Waals surface area contributed by atoms with E-state index in [-0.39, 0.29) is 11.9 Å². The number of aromatic nitrogens is 3. The monoisotopic (exact) mass is 405 g/mol. The highest BCUT2D eigenvalue weighted by atomic mass is 32.1. The Morgan fingerprint density at radius 1 is 1.07 bits per heavy atom. The number of rotatable bonds is 5. The van der Waals surface area contributed by atoms with E-state index < -0.39 is 0 Å². The van der Waals surface area contributed by atoms with Gasteiger partial charge in [-0.1, -0.05) is 30.3 Å². The highest BCUT2D eigenvalue weighted by Gasteiger charge is 2.49. The number of aryl methyl sites for hydroxylation is 1. The number of anilines is 1. The molecule has 0 spiro atoms. The molecule has 3 aromatic rings. The Morgan fingerprint density at radius 2 is 1.97 bits per heavy atom. The first-order valence-corrected chi connectivity index (χ1v) is 10.9. The molecule has 0 saturated carbocycles. The largest absolute Gasteiger partial charge is 0.347 e. The Labute approximate surface area is 174 Å². The van der Waals surface area contributed by atoms with Gasteiger partial charge >= 0.3 is 0 Å². The summed E-state index contributed by atoms with van der Waals surface area (Å²) in [6.07, 6.45) is 8.05. The maximum Gasteiger partial charge on any atom is 0.223 e. The summed E-state index contributed by atoms with van der Waals surface area (Å²) in [5, 5.41) is 3.12. The fourth-order valence-corrected chi connectivity index (χ4v) is 5.41. The van der Waals surface area contributed by atoms with Crippen LogP contribution in [0.2, 0.25) is 0 Å². The van der Waals surface area contributed by atoms with Crippen LogP contribution in [0.15, 0.2) is 60.5 Å². The van der Waals surface area contributed by atoms with Gasteiger partial charge in [0.15, 0.2) is 5.13 Å². The van der Waals surface area contributed by atoms with Crippen molar-refractivity contribution in [1.82, 2.24) is 19.9 Å². The SMILES string of the molecule is O=C(CCc1cnccn1)N1C[C@@H]2CN(c3nccs3)C[C@@H]2[C@H]1c1ccccc1. The van der Waals surface area contributed by atoms with E-state index in [9.17, 15) is 4.79 Å². The van der Waals surface area contributed by atoms with Crippen molar-refractivity contribution in [3.63, 3.8) is 0 Å². The highest BCUT2D eigenvalue weighted by molar-refractivity contribution is 7.13. The molecule has 148 valence electrons. The molecule has 29 heavy (non-hydrogen) atoms. The minimum atomic E-state index is 0.125. The zero-order chi connectivity index (χ0) is 19.6. The first kappa shape index (κ1) is 18.2. The quantitative estimate of drug-likeness (QED) is 0.652. The number of thiazole rings is 1. The second-order valence-corrected chi connectivity index (χ2v) is 8.61. The van der Waals surface area contributed by atoms with E-state index >= 15 is 0 Å². The van der Waals surface area contributed by atoms with Gasteiger partial charge in [-0.2, -0.15) is 0 Å². The van der Waals surface area contributed by atoms with Crippen molar-refractivity contribution in [1.29, 1.82) is 0 Å². The van der Waals surface area contributed by atoms with Crippen molar-refractivity contribution in [2.75, 3.05) is 24.5 Å². The van der Waals surface area contributed by atoms with Crippen LogP contribution in [0.3, 0.4) is 0 Å². The van der Waals surface area contributed by atoms with Crippen LogP contribution in [-0.4, -0.2) is 45.4 Å². The van der Waals surface area contributed by atoms with Gasteiger partial charge in [0.05, 0.1) is 11.7 Å². The molecule has 0 N–H and O–H groups in total. The normalized spacial score (nSPS) is 23.4. The van der Waals surface area contributed by atoms with Gasteiger partial charge in [0.2, 0.25) is 5.91 Å². The number of hydrogen-bond acceptors (Lipinski definition) is 6. The Hall–Kier alpha value is -2.80. The minimum absolute atomic E-state index is 0.125. The summed E-state index contributed by atoms with van der Waals surface area (Å²) in [6.45, 7) is 2.73. The summed E-state index contributed by atoms with van der Waals surface area (Å²) in [6, 6.07) is 10.6. The molecule has 2 aliphatic heterocycles. The van der Waals surface area contributed by atoms with E-state index in [1.54, 1.807) is 29.9 Å². The van der Waals surface area contributed by atoms with Gasteiger partial charge in [0.25, 0.3) is 0 Å². The number of carbonyl (C=O) groups excluding carboxylic acids is 1. The van der Waals surface area contributed by atoms with Crippen LogP contribution in [0, 0.1) is 11.8 Å². The molecular formula is C22H23N5OS. The van der Waals surface area contributed by atoms with Crippen molar-refractivity contribution < 1.29 is 4.79 Å². The van der Waals surface area contributed by atoms with Crippen molar-refractivity contribution in [3.05, 3.63) is 71.8 Å². The lowest BCUT2D eigenvalue weighted by Gasteiger charge is -2.30. The lowest BCUT2D eigenvalue weighted by molar-refractivity contribution is -0.132. The van der Waals surface area contributed by atoms with E-state index in [0.29, 0.717) is 24.7 Å². The predicted octanol–water partition coefficient (Wildman–Crippen LogP) is 3.20. The molecule has 0 aliphatic carbocycles. The molecule has 2 fully saturated rings. The van der Waals surface area contributed by atoms with E-state index in [1.807, 2.05) is 17.6 Å². The number of fused-ring (bicyclic) bond motifs is 1. The number of hydrogen-bond donors (Lipinski definition) is 0. The fourth-order valence-electron chi connectivity index (χ4n) is 4.74. The van der Waals surface area contributed by atoms with Crippen LogP contribution in [0.1, 0.15) is 23.7 Å². The summed E-state index contributed by atoms with van der Waals surface area (Å²) < 4.78 is 0. The molecule has 2 aliphatic rings. The molecule has 5 rings (SSSR count). The Bertz CT molecular complexity index is 950. The Kier molecular flexibility index (Phi) is 4.97. The highest BCUT2D eigenvalue weighted by Crippen LogP contribution is 2.46. The third kappa shape index (κ3) is 3.62. The van der Waals surface area contributed by atoms with Crippen LogP contribution in [0.5, 0.6) is 0 Å². The zero-order valence-corrected chi connectivity index (χ0v) is 16.9. The van der Waals surface area contributed by atoms with Gasteiger partial charge < -0.3 is 9.80 Å². The molecule has 4 heterocycles. The van der Waals surface area contributed by atoms with Crippen molar-refractivity contribution in [2.24, 2.45) is 11.8 Å². The van der Waals surface area contributed by atoms with Gasteiger partial charge in [-0.3, -0.25) is 14.8 Å².